The van der Waals surface area contributed by atoms with Crippen LogP contribution in [-0.4, -0.2) is 47.0 Å². The zero-order valence-electron chi connectivity index (χ0n) is 14.5. The van der Waals surface area contributed by atoms with E-state index >= 15 is 0 Å². The average molecular weight is 415 g/mol. The molecule has 1 N–H and O–H groups in total. The number of halogens is 2. The Balaban J connectivity index is 0.00000121. The van der Waals surface area contributed by atoms with Crippen molar-refractivity contribution in [3.63, 3.8) is 0 Å². The number of nitrogens with one attached hydrogen (secondary N) is 1. The molecule has 4 heterocycles. The lowest BCUT2D eigenvalue weighted by molar-refractivity contribution is -0.132. The van der Waals surface area contributed by atoms with E-state index in [1.165, 1.54) is 6.42 Å². The molecule has 0 aromatic carbocycles. The van der Waals surface area contributed by atoms with E-state index in [9.17, 15) is 4.79 Å². The third-order valence-electron chi connectivity index (χ3n) is 5.28. The smallest absolute Gasteiger partial charge is 0.228 e. The molecule has 2 fully saturated rings. The summed E-state index contributed by atoms with van der Waals surface area (Å²) in [6.45, 7) is 4.02. The molecular formula is C18H24Cl2N4OS. The SMILES string of the molecule is Cl.Cl.O=C(Cc1csc(-c2ccccn2)n1)N1CCC2(CCNC2)CC1. The largest absolute Gasteiger partial charge is 0.342 e. The maximum atomic E-state index is 12.6. The fourth-order valence-corrected chi connectivity index (χ4v) is 4.51. The molecule has 26 heavy (non-hydrogen) atoms. The van der Waals surface area contributed by atoms with Crippen LogP contribution in [0.2, 0.25) is 0 Å². The number of carbonyl (C=O) groups excluding carboxylic acids is 1. The lowest BCUT2D eigenvalue weighted by Crippen LogP contribution is -2.44. The number of likely N-dealkylation sites (tertiary alicyclic amines) is 1. The van der Waals surface area contributed by atoms with Crippen LogP contribution in [0.15, 0.2) is 29.8 Å². The number of pyridine rings is 1. The van der Waals surface area contributed by atoms with Crippen LogP contribution in [0.3, 0.4) is 0 Å². The number of nitrogens with zero attached hydrogens (tertiary/aromatic N) is 3. The molecule has 0 radical (unpaired) electrons. The lowest BCUT2D eigenvalue weighted by Gasteiger charge is -2.38. The Labute approximate surface area is 170 Å². The van der Waals surface area contributed by atoms with Crippen molar-refractivity contribution in [3.05, 3.63) is 35.5 Å². The number of hydrogen-bond acceptors (Lipinski definition) is 5. The highest BCUT2D eigenvalue weighted by Crippen LogP contribution is 2.37. The molecule has 142 valence electrons. The first-order valence-electron chi connectivity index (χ1n) is 8.58. The number of piperidine rings is 1. The number of hydrogen-bond donors (Lipinski definition) is 1. The Kier molecular flexibility index (Phi) is 7.41. The van der Waals surface area contributed by atoms with Gasteiger partial charge in [0, 0.05) is 31.2 Å². The monoisotopic (exact) mass is 414 g/mol. The predicted molar refractivity (Wildman–Crippen MR) is 109 cm³/mol. The second kappa shape index (κ2) is 9.13. The number of aromatic nitrogens is 2. The second-order valence-corrected chi connectivity index (χ2v) is 7.70. The van der Waals surface area contributed by atoms with E-state index < -0.39 is 0 Å². The Morgan fingerprint density at radius 1 is 1.23 bits per heavy atom. The summed E-state index contributed by atoms with van der Waals surface area (Å²) in [4.78, 5) is 23.5. The summed E-state index contributed by atoms with van der Waals surface area (Å²) in [5.74, 6) is 0.202. The van der Waals surface area contributed by atoms with Gasteiger partial charge in [0.1, 0.15) is 5.01 Å². The highest BCUT2D eigenvalue weighted by Gasteiger charge is 2.37. The number of thiazole rings is 1. The van der Waals surface area contributed by atoms with Crippen molar-refractivity contribution < 1.29 is 4.79 Å². The molecule has 0 saturated carbocycles. The third kappa shape index (κ3) is 4.55. The van der Waals surface area contributed by atoms with Crippen LogP contribution < -0.4 is 5.32 Å². The van der Waals surface area contributed by atoms with Crippen molar-refractivity contribution in [1.82, 2.24) is 20.2 Å². The van der Waals surface area contributed by atoms with E-state index in [4.69, 9.17) is 0 Å². The highest BCUT2D eigenvalue weighted by molar-refractivity contribution is 7.13. The zero-order chi connectivity index (χ0) is 16.4. The van der Waals surface area contributed by atoms with Gasteiger partial charge in [-0.2, -0.15) is 0 Å². The first kappa shape index (κ1) is 21.1. The van der Waals surface area contributed by atoms with Crippen LogP contribution in [-0.2, 0) is 11.2 Å². The van der Waals surface area contributed by atoms with Gasteiger partial charge in [-0.3, -0.25) is 9.78 Å². The minimum atomic E-state index is 0. The molecule has 2 aromatic rings. The molecule has 0 atom stereocenters. The predicted octanol–water partition coefficient (Wildman–Crippen LogP) is 3.19. The van der Waals surface area contributed by atoms with E-state index in [1.54, 1.807) is 17.5 Å². The Morgan fingerprint density at radius 3 is 2.69 bits per heavy atom. The molecule has 2 aliphatic rings. The van der Waals surface area contributed by atoms with Gasteiger partial charge in [-0.1, -0.05) is 6.07 Å². The summed E-state index contributed by atoms with van der Waals surface area (Å²) >= 11 is 1.55. The Bertz CT molecular complexity index is 709. The van der Waals surface area contributed by atoms with Gasteiger partial charge in [-0.05, 0) is 43.4 Å². The Hall–Kier alpha value is -1.21. The van der Waals surface area contributed by atoms with Gasteiger partial charge in [-0.25, -0.2) is 4.98 Å². The van der Waals surface area contributed by atoms with Gasteiger partial charge in [0.2, 0.25) is 5.91 Å². The standard InChI is InChI=1S/C18H22N4OS.2ClH/c23-16(22-9-5-18(6-10-22)4-8-19-13-18)11-14-12-24-17(21-14)15-3-1-2-7-20-15;;/h1-3,7,12,19H,4-6,8-11,13H2;2*1H. The van der Waals surface area contributed by atoms with Crippen LogP contribution >= 0.6 is 36.2 Å². The molecule has 8 heteroatoms. The van der Waals surface area contributed by atoms with Crippen molar-refractivity contribution >= 4 is 42.1 Å². The van der Waals surface area contributed by atoms with Crippen LogP contribution in [0.25, 0.3) is 10.7 Å². The van der Waals surface area contributed by atoms with E-state index in [0.717, 1.165) is 55.4 Å². The molecule has 4 rings (SSSR count). The average Bonchev–Trinajstić information content (AvgIpc) is 3.26. The summed E-state index contributed by atoms with van der Waals surface area (Å²) in [6.07, 6.45) is 5.68. The molecular weight excluding hydrogens is 391 g/mol. The molecule has 1 spiro atoms. The number of amides is 1. The van der Waals surface area contributed by atoms with Crippen molar-refractivity contribution in [3.8, 4) is 10.7 Å². The fraction of sp³-hybridized carbons (Fsp3) is 0.500. The molecule has 1 amide bonds. The molecule has 0 unspecified atom stereocenters. The van der Waals surface area contributed by atoms with Crippen molar-refractivity contribution in [2.24, 2.45) is 5.41 Å². The molecule has 2 saturated heterocycles. The minimum absolute atomic E-state index is 0. The molecule has 0 bridgehead atoms. The first-order chi connectivity index (χ1) is 11.7. The van der Waals surface area contributed by atoms with Crippen LogP contribution in [0, 0.1) is 5.41 Å². The number of carbonyl (C=O) groups is 1. The van der Waals surface area contributed by atoms with Crippen LogP contribution in [0.1, 0.15) is 25.0 Å². The quantitative estimate of drug-likeness (QED) is 0.837. The van der Waals surface area contributed by atoms with Crippen molar-refractivity contribution in [2.75, 3.05) is 26.2 Å². The molecule has 0 aliphatic carbocycles. The van der Waals surface area contributed by atoms with Gasteiger partial charge < -0.3 is 10.2 Å². The van der Waals surface area contributed by atoms with Crippen molar-refractivity contribution in [2.45, 2.75) is 25.7 Å². The third-order valence-corrected chi connectivity index (χ3v) is 6.19. The topological polar surface area (TPSA) is 58.1 Å². The van der Waals surface area contributed by atoms with Gasteiger partial charge in [-0.15, -0.1) is 36.2 Å². The normalized spacial score (nSPS) is 18.2. The van der Waals surface area contributed by atoms with Gasteiger partial charge in [0.25, 0.3) is 0 Å². The maximum absolute atomic E-state index is 12.6. The molecule has 2 aromatic heterocycles. The summed E-state index contributed by atoms with van der Waals surface area (Å²) in [7, 11) is 0. The lowest BCUT2D eigenvalue weighted by atomic mass is 9.78. The summed E-state index contributed by atoms with van der Waals surface area (Å²) < 4.78 is 0. The summed E-state index contributed by atoms with van der Waals surface area (Å²) in [6, 6.07) is 5.80. The molecule has 5 nitrogen and oxygen atoms in total. The summed E-state index contributed by atoms with van der Waals surface area (Å²) in [5.41, 5.74) is 2.17. The van der Waals surface area contributed by atoms with Gasteiger partial charge in [0.05, 0.1) is 17.8 Å². The summed E-state index contributed by atoms with van der Waals surface area (Å²) in [5, 5.41) is 6.33. The van der Waals surface area contributed by atoms with Crippen LogP contribution in [0.5, 0.6) is 0 Å². The fourth-order valence-electron chi connectivity index (χ4n) is 3.71. The van der Waals surface area contributed by atoms with Gasteiger partial charge >= 0.3 is 0 Å². The zero-order valence-corrected chi connectivity index (χ0v) is 17.0. The van der Waals surface area contributed by atoms with E-state index in [-0.39, 0.29) is 30.7 Å². The highest BCUT2D eigenvalue weighted by atomic mass is 35.5. The van der Waals surface area contributed by atoms with Crippen molar-refractivity contribution in [1.29, 1.82) is 0 Å². The Morgan fingerprint density at radius 2 is 2.04 bits per heavy atom. The van der Waals surface area contributed by atoms with Gasteiger partial charge in [0.15, 0.2) is 0 Å². The first-order valence-corrected chi connectivity index (χ1v) is 9.46. The minimum Gasteiger partial charge on any atom is -0.342 e. The number of rotatable bonds is 3. The van der Waals surface area contributed by atoms with Crippen LogP contribution in [0.4, 0.5) is 0 Å². The second-order valence-electron chi connectivity index (χ2n) is 6.84. The molecule has 2 aliphatic heterocycles. The van der Waals surface area contributed by atoms with E-state index in [0.29, 0.717) is 11.8 Å². The maximum Gasteiger partial charge on any atom is 0.228 e. The van der Waals surface area contributed by atoms with E-state index in [2.05, 4.69) is 15.3 Å². The van der Waals surface area contributed by atoms with E-state index in [1.807, 2.05) is 28.5 Å².